The Labute approximate surface area is 101 Å². The number of aliphatic hydroxyl groups is 1. The van der Waals surface area contributed by atoms with Crippen molar-refractivity contribution in [3.63, 3.8) is 0 Å². The van der Waals surface area contributed by atoms with Crippen LogP contribution in [-0.4, -0.2) is 39.8 Å². The van der Waals surface area contributed by atoms with Gasteiger partial charge < -0.3 is 15.2 Å². The zero-order chi connectivity index (χ0) is 13.3. The molecule has 3 N–H and O–H groups in total. The first-order valence-electron chi connectivity index (χ1n) is 5.39. The summed E-state index contributed by atoms with van der Waals surface area (Å²) in [6.07, 6.45) is -0.400. The van der Waals surface area contributed by atoms with Crippen LogP contribution in [0.15, 0.2) is 15.8 Å². The number of ether oxygens (including phenoxy) is 1. The van der Waals surface area contributed by atoms with Gasteiger partial charge >= 0.3 is 5.69 Å². The van der Waals surface area contributed by atoms with Crippen LogP contribution in [0.3, 0.4) is 0 Å². The number of rotatable bonds is 2. The van der Waals surface area contributed by atoms with Gasteiger partial charge in [-0.2, -0.15) is 0 Å². The fourth-order valence-electron chi connectivity index (χ4n) is 1.69. The van der Waals surface area contributed by atoms with Crippen molar-refractivity contribution in [2.45, 2.75) is 19.3 Å². The molecule has 1 aromatic rings. The Hall–Kier alpha value is -1.93. The predicted molar refractivity (Wildman–Crippen MR) is 60.1 cm³/mol. The van der Waals surface area contributed by atoms with Gasteiger partial charge in [-0.15, -0.1) is 0 Å². The quantitative estimate of drug-likeness (QED) is 0.557. The molecular formula is C10H13N3O5. The van der Waals surface area contributed by atoms with E-state index in [1.165, 1.54) is 10.8 Å². The van der Waals surface area contributed by atoms with Gasteiger partial charge in [-0.25, -0.2) is 4.79 Å². The number of aliphatic hydroxyl groups excluding tert-OH is 1. The summed E-state index contributed by atoms with van der Waals surface area (Å²) >= 11 is 0. The monoisotopic (exact) mass is 255 g/mol. The van der Waals surface area contributed by atoms with E-state index in [9.17, 15) is 14.4 Å². The molecule has 0 spiro atoms. The largest absolute Gasteiger partial charge is 0.393 e. The zero-order valence-corrected chi connectivity index (χ0v) is 9.67. The van der Waals surface area contributed by atoms with Crippen molar-refractivity contribution in [1.29, 1.82) is 0 Å². The fourth-order valence-corrected chi connectivity index (χ4v) is 1.69. The second kappa shape index (κ2) is 4.75. The minimum atomic E-state index is -1.01. The summed E-state index contributed by atoms with van der Waals surface area (Å²) in [5, 5.41) is 11.5. The number of amides is 1. The van der Waals surface area contributed by atoms with Gasteiger partial charge in [-0.1, -0.05) is 0 Å². The maximum Gasteiger partial charge on any atom is 0.330 e. The maximum absolute atomic E-state index is 11.6. The van der Waals surface area contributed by atoms with Crippen molar-refractivity contribution >= 4 is 5.91 Å². The second-order valence-corrected chi connectivity index (χ2v) is 3.99. The van der Waals surface area contributed by atoms with Crippen LogP contribution in [0.2, 0.25) is 0 Å². The highest BCUT2D eigenvalue weighted by molar-refractivity contribution is 5.81. The molecule has 18 heavy (non-hydrogen) atoms. The van der Waals surface area contributed by atoms with Gasteiger partial charge in [0.25, 0.3) is 11.5 Å². The molecule has 2 rings (SSSR count). The third-order valence-electron chi connectivity index (χ3n) is 2.69. The van der Waals surface area contributed by atoms with E-state index in [1.807, 2.05) is 0 Å². The molecule has 8 nitrogen and oxygen atoms in total. The van der Waals surface area contributed by atoms with Crippen molar-refractivity contribution in [1.82, 2.24) is 14.9 Å². The molecule has 0 saturated carbocycles. The Morgan fingerprint density at radius 3 is 2.89 bits per heavy atom. The summed E-state index contributed by atoms with van der Waals surface area (Å²) in [4.78, 5) is 36.3. The van der Waals surface area contributed by atoms with Crippen molar-refractivity contribution in [3.05, 3.63) is 32.6 Å². The fraction of sp³-hybridized carbons (Fsp3) is 0.500. The maximum atomic E-state index is 11.6. The summed E-state index contributed by atoms with van der Waals surface area (Å²) in [5.41, 5.74) is -0.728. The molecule has 0 aromatic carbocycles. The van der Waals surface area contributed by atoms with E-state index in [2.05, 4.69) is 10.3 Å². The molecule has 1 fully saturated rings. The number of carbonyl (C=O) groups excluding carboxylic acids is 1. The zero-order valence-electron chi connectivity index (χ0n) is 9.67. The molecule has 1 aliphatic heterocycles. The van der Waals surface area contributed by atoms with Gasteiger partial charge in [0.05, 0.1) is 13.2 Å². The van der Waals surface area contributed by atoms with Crippen molar-refractivity contribution in [2.75, 3.05) is 13.2 Å². The van der Waals surface area contributed by atoms with Crippen molar-refractivity contribution in [3.8, 4) is 0 Å². The molecule has 1 amide bonds. The van der Waals surface area contributed by atoms with Crippen molar-refractivity contribution < 1.29 is 14.6 Å². The Kier molecular flexibility index (Phi) is 3.30. The molecule has 0 aliphatic carbocycles. The highest BCUT2D eigenvalue weighted by atomic mass is 16.5. The van der Waals surface area contributed by atoms with Crippen molar-refractivity contribution in [2.24, 2.45) is 0 Å². The number of nitrogens with zero attached hydrogens (tertiary/aromatic N) is 1. The highest BCUT2D eigenvalue weighted by Crippen LogP contribution is 2.12. The topological polar surface area (TPSA) is 113 Å². The van der Waals surface area contributed by atoms with Crippen LogP contribution in [0, 0.1) is 6.92 Å². The number of morpholine rings is 1. The first-order valence-corrected chi connectivity index (χ1v) is 5.39. The molecule has 2 heterocycles. The van der Waals surface area contributed by atoms with E-state index < -0.39 is 36.1 Å². The molecule has 98 valence electrons. The summed E-state index contributed by atoms with van der Waals surface area (Å²) in [6, 6.07) is 0. The first-order chi connectivity index (χ1) is 8.52. The molecule has 0 radical (unpaired) electrons. The van der Waals surface area contributed by atoms with Crippen LogP contribution in [0.1, 0.15) is 11.8 Å². The average molecular weight is 255 g/mol. The number of carbonyl (C=O) groups is 1. The van der Waals surface area contributed by atoms with Gasteiger partial charge in [-0.05, 0) is 6.92 Å². The van der Waals surface area contributed by atoms with Crippen LogP contribution in [0.4, 0.5) is 0 Å². The number of aryl methyl sites for hydroxylation is 1. The lowest BCUT2D eigenvalue weighted by atomic mass is 10.3. The summed E-state index contributed by atoms with van der Waals surface area (Å²) in [6.45, 7) is 1.18. The lowest BCUT2D eigenvalue weighted by Crippen LogP contribution is -2.51. The Morgan fingerprint density at radius 1 is 1.50 bits per heavy atom. The number of hydrogen-bond donors (Lipinski definition) is 3. The SMILES string of the molecule is Cc1cn([C@H]2CNC(=O)[C@@H](CO)O2)c(=O)[nH]c1=O. The van der Waals surface area contributed by atoms with E-state index in [4.69, 9.17) is 9.84 Å². The molecule has 2 atom stereocenters. The van der Waals surface area contributed by atoms with Crippen LogP contribution < -0.4 is 16.6 Å². The van der Waals surface area contributed by atoms with Gasteiger partial charge in [0.1, 0.15) is 0 Å². The summed E-state index contributed by atoms with van der Waals surface area (Å²) in [5.74, 6) is -0.428. The van der Waals surface area contributed by atoms with E-state index in [0.717, 1.165) is 0 Å². The van der Waals surface area contributed by atoms with Gasteiger partial charge in [-0.3, -0.25) is 19.1 Å². The average Bonchev–Trinajstić information content (AvgIpc) is 2.35. The highest BCUT2D eigenvalue weighted by Gasteiger charge is 2.30. The number of H-pyrrole nitrogens is 1. The minimum absolute atomic E-state index is 0.0979. The number of nitrogens with one attached hydrogen (secondary N) is 2. The molecule has 0 bridgehead atoms. The van der Waals surface area contributed by atoms with Crippen LogP contribution >= 0.6 is 0 Å². The lowest BCUT2D eigenvalue weighted by Gasteiger charge is -2.29. The lowest BCUT2D eigenvalue weighted by molar-refractivity contribution is -0.156. The minimum Gasteiger partial charge on any atom is -0.393 e. The molecule has 1 saturated heterocycles. The second-order valence-electron chi connectivity index (χ2n) is 3.99. The van der Waals surface area contributed by atoms with Crippen LogP contribution in [0.25, 0.3) is 0 Å². The Morgan fingerprint density at radius 2 is 2.22 bits per heavy atom. The molecule has 1 aliphatic rings. The molecule has 0 unspecified atom stereocenters. The predicted octanol–water partition coefficient (Wildman–Crippen LogP) is -2.15. The number of hydrogen-bond acceptors (Lipinski definition) is 5. The Bertz CT molecular complexity index is 576. The number of aromatic amines is 1. The first kappa shape index (κ1) is 12.5. The standard InChI is InChI=1S/C10H13N3O5/c1-5-3-13(10(17)12-8(5)15)7-2-11-9(16)6(4-14)18-7/h3,6-7,14H,2,4H2,1H3,(H,11,16)(H,12,15,17)/t6-,7-/m1/s1. The van der Waals surface area contributed by atoms with E-state index in [0.29, 0.717) is 5.56 Å². The third-order valence-corrected chi connectivity index (χ3v) is 2.69. The number of aromatic nitrogens is 2. The molecule has 8 heteroatoms. The molecule has 1 aromatic heterocycles. The van der Waals surface area contributed by atoms with E-state index in [1.54, 1.807) is 6.92 Å². The smallest absolute Gasteiger partial charge is 0.330 e. The third kappa shape index (κ3) is 2.20. The van der Waals surface area contributed by atoms with E-state index in [-0.39, 0.29) is 6.54 Å². The Balaban J connectivity index is 2.33. The summed E-state index contributed by atoms with van der Waals surface area (Å²) < 4.78 is 6.47. The van der Waals surface area contributed by atoms with Gasteiger partial charge in [0.2, 0.25) is 0 Å². The molecular weight excluding hydrogens is 242 g/mol. The van der Waals surface area contributed by atoms with Gasteiger partial charge in [0, 0.05) is 11.8 Å². The van der Waals surface area contributed by atoms with Gasteiger partial charge in [0.15, 0.2) is 12.3 Å². The van der Waals surface area contributed by atoms with Crippen LogP contribution in [0.5, 0.6) is 0 Å². The summed E-state index contributed by atoms with van der Waals surface area (Å²) in [7, 11) is 0. The van der Waals surface area contributed by atoms with E-state index >= 15 is 0 Å². The normalized spacial score (nSPS) is 23.8. The van der Waals surface area contributed by atoms with Crippen LogP contribution in [-0.2, 0) is 9.53 Å².